The van der Waals surface area contributed by atoms with E-state index >= 15 is 0 Å². The van der Waals surface area contributed by atoms with Crippen molar-refractivity contribution >= 4 is 41.5 Å². The summed E-state index contributed by atoms with van der Waals surface area (Å²) in [6.07, 6.45) is 7.39. The lowest BCUT2D eigenvalue weighted by atomic mass is 10.2. The van der Waals surface area contributed by atoms with E-state index in [2.05, 4.69) is 34.1 Å². The lowest BCUT2D eigenvalue weighted by Gasteiger charge is -2.21. The molecule has 7 nitrogen and oxygen atoms in total. The molecule has 0 aliphatic heterocycles. The zero-order chi connectivity index (χ0) is 20.2. The van der Waals surface area contributed by atoms with Crippen LogP contribution in [0.15, 0.2) is 60.4 Å². The maximum atomic E-state index is 12.1. The van der Waals surface area contributed by atoms with Crippen LogP contribution in [0, 0.1) is 0 Å². The molecule has 0 aliphatic carbocycles. The van der Waals surface area contributed by atoms with E-state index in [1.165, 1.54) is 0 Å². The molecule has 1 aromatic carbocycles. The van der Waals surface area contributed by atoms with Crippen LogP contribution in [0.4, 0.5) is 5.69 Å². The van der Waals surface area contributed by atoms with Gasteiger partial charge in [-0.15, -0.1) is 30.6 Å². The summed E-state index contributed by atoms with van der Waals surface area (Å²) in [4.78, 5) is 19.0. The third-order valence-corrected chi connectivity index (χ3v) is 4.09. The molecule has 0 bridgehead atoms. The molecule has 2 aromatic rings. The number of nitrogens with zero attached hydrogens (tertiary/aromatic N) is 4. The minimum absolute atomic E-state index is 0. The van der Waals surface area contributed by atoms with Gasteiger partial charge in [0.25, 0.3) is 0 Å². The Bertz CT molecular complexity index is 775. The van der Waals surface area contributed by atoms with E-state index in [1.807, 2.05) is 37.4 Å². The van der Waals surface area contributed by atoms with Crippen LogP contribution < -0.4 is 10.6 Å². The number of halogens is 1. The minimum Gasteiger partial charge on any atom is -0.357 e. The molecule has 29 heavy (non-hydrogen) atoms. The van der Waals surface area contributed by atoms with Crippen LogP contribution in [0.1, 0.15) is 25.3 Å². The van der Waals surface area contributed by atoms with E-state index in [0.29, 0.717) is 6.54 Å². The Morgan fingerprint density at radius 2 is 2.21 bits per heavy atom. The van der Waals surface area contributed by atoms with Crippen LogP contribution in [-0.4, -0.2) is 46.7 Å². The number of anilines is 1. The normalized spacial score (nSPS) is 10.8. The molecule has 8 heteroatoms. The van der Waals surface area contributed by atoms with Gasteiger partial charge in [0.05, 0.1) is 6.54 Å². The van der Waals surface area contributed by atoms with Gasteiger partial charge in [0, 0.05) is 38.2 Å². The third kappa shape index (κ3) is 9.12. The molecule has 0 aliphatic rings. The predicted octanol–water partition coefficient (Wildman–Crippen LogP) is 3.50. The second kappa shape index (κ2) is 13.8. The van der Waals surface area contributed by atoms with Gasteiger partial charge in [-0.3, -0.25) is 9.48 Å². The zero-order valence-electron chi connectivity index (χ0n) is 17.2. The Morgan fingerprint density at radius 1 is 1.38 bits per heavy atom. The fourth-order valence-electron chi connectivity index (χ4n) is 2.70. The second-order valence-corrected chi connectivity index (χ2v) is 6.47. The maximum Gasteiger partial charge on any atom is 0.246 e. The summed E-state index contributed by atoms with van der Waals surface area (Å²) in [5.74, 6) is 0.763. The van der Waals surface area contributed by atoms with E-state index in [0.717, 1.165) is 43.1 Å². The van der Waals surface area contributed by atoms with Crippen LogP contribution in [0.3, 0.4) is 0 Å². The summed E-state index contributed by atoms with van der Waals surface area (Å²) in [6.45, 7) is 8.28. The number of nitrogens with one attached hydrogen (secondary N) is 2. The van der Waals surface area contributed by atoms with Crippen molar-refractivity contribution < 1.29 is 4.79 Å². The fourth-order valence-corrected chi connectivity index (χ4v) is 2.70. The molecule has 1 heterocycles. The first-order valence-electron chi connectivity index (χ1n) is 9.59. The molecule has 2 N–H and O–H groups in total. The highest BCUT2D eigenvalue weighted by Crippen LogP contribution is 2.12. The number of aliphatic imine (C=N–C) groups is 1. The highest BCUT2D eigenvalue weighted by Gasteiger charge is 2.06. The average molecular weight is 510 g/mol. The molecule has 0 saturated carbocycles. The molecular formula is C21H31IN6O. The van der Waals surface area contributed by atoms with Crippen molar-refractivity contribution in [1.82, 2.24) is 20.0 Å². The number of amides is 1. The first kappa shape index (κ1) is 24.7. The summed E-state index contributed by atoms with van der Waals surface area (Å²) in [5.41, 5.74) is 1.79. The maximum absolute atomic E-state index is 12.1. The van der Waals surface area contributed by atoms with Crippen LogP contribution in [0.5, 0.6) is 0 Å². The van der Waals surface area contributed by atoms with E-state index < -0.39 is 0 Å². The number of rotatable bonds is 10. The Kier molecular flexibility index (Phi) is 11.7. The van der Waals surface area contributed by atoms with Gasteiger partial charge < -0.3 is 15.5 Å². The first-order chi connectivity index (χ1) is 13.6. The standard InChI is InChI=1S/C21H30N6O.HI/c1-4-6-7-13-26(3)21(22-5-2)23-16-18-10-8-11-19(15-18)25-20(28)17-27-14-9-12-24-27;/h4,8-12,14-15H,1,5-7,13,16-17H2,2-3H3,(H,22,23)(H,25,28);1H. The molecule has 0 saturated heterocycles. The van der Waals surface area contributed by atoms with Crippen LogP contribution in [0.25, 0.3) is 0 Å². The van der Waals surface area contributed by atoms with Gasteiger partial charge in [-0.2, -0.15) is 5.10 Å². The molecule has 1 amide bonds. The van der Waals surface area contributed by atoms with Gasteiger partial charge in [-0.1, -0.05) is 18.2 Å². The van der Waals surface area contributed by atoms with E-state index in [1.54, 1.807) is 23.1 Å². The smallest absolute Gasteiger partial charge is 0.246 e. The monoisotopic (exact) mass is 510 g/mol. The molecule has 0 radical (unpaired) electrons. The summed E-state index contributed by atoms with van der Waals surface area (Å²) in [6, 6.07) is 9.55. The molecule has 2 rings (SSSR count). The highest BCUT2D eigenvalue weighted by atomic mass is 127. The van der Waals surface area contributed by atoms with Gasteiger partial charge in [0.1, 0.15) is 6.54 Å². The highest BCUT2D eigenvalue weighted by molar-refractivity contribution is 14.0. The summed E-state index contributed by atoms with van der Waals surface area (Å²) < 4.78 is 1.59. The van der Waals surface area contributed by atoms with Crippen molar-refractivity contribution in [3.05, 3.63) is 60.9 Å². The number of unbranched alkanes of at least 4 members (excludes halogenated alkanes) is 1. The molecule has 158 valence electrons. The van der Waals surface area contributed by atoms with E-state index in [-0.39, 0.29) is 36.4 Å². The van der Waals surface area contributed by atoms with Crippen LogP contribution >= 0.6 is 24.0 Å². The Hall–Kier alpha value is -2.36. The topological polar surface area (TPSA) is 74.5 Å². The molecule has 0 spiro atoms. The predicted molar refractivity (Wildman–Crippen MR) is 130 cm³/mol. The number of guanidine groups is 1. The van der Waals surface area contributed by atoms with Crippen molar-refractivity contribution in [2.75, 3.05) is 25.5 Å². The first-order valence-corrected chi connectivity index (χ1v) is 9.59. The summed E-state index contributed by atoms with van der Waals surface area (Å²) >= 11 is 0. The van der Waals surface area contributed by atoms with Gasteiger partial charge in [0.2, 0.25) is 5.91 Å². The molecule has 1 aromatic heterocycles. The Morgan fingerprint density at radius 3 is 2.90 bits per heavy atom. The number of hydrogen-bond donors (Lipinski definition) is 2. The lowest BCUT2D eigenvalue weighted by Crippen LogP contribution is -2.39. The van der Waals surface area contributed by atoms with Crippen molar-refractivity contribution in [2.45, 2.75) is 32.9 Å². The number of benzene rings is 1. The number of carbonyl (C=O) groups is 1. The summed E-state index contributed by atoms with van der Waals surface area (Å²) in [7, 11) is 2.04. The number of allylic oxidation sites excluding steroid dienone is 1. The lowest BCUT2D eigenvalue weighted by molar-refractivity contribution is -0.116. The molecule has 0 unspecified atom stereocenters. The van der Waals surface area contributed by atoms with Gasteiger partial charge in [0.15, 0.2) is 5.96 Å². The average Bonchev–Trinajstić information content (AvgIpc) is 3.18. The third-order valence-electron chi connectivity index (χ3n) is 4.09. The van der Waals surface area contributed by atoms with Crippen LogP contribution in [-0.2, 0) is 17.9 Å². The molecule has 0 atom stereocenters. The minimum atomic E-state index is -0.111. The quantitative estimate of drug-likeness (QED) is 0.169. The summed E-state index contributed by atoms with van der Waals surface area (Å²) in [5, 5.41) is 10.3. The van der Waals surface area contributed by atoms with E-state index in [4.69, 9.17) is 4.99 Å². The van der Waals surface area contributed by atoms with Crippen molar-refractivity contribution in [3.63, 3.8) is 0 Å². The SMILES string of the molecule is C=CCCCN(C)C(=NCc1cccc(NC(=O)Cn2cccn2)c1)NCC.I. The van der Waals surface area contributed by atoms with Crippen molar-refractivity contribution in [1.29, 1.82) is 0 Å². The second-order valence-electron chi connectivity index (χ2n) is 6.47. The largest absolute Gasteiger partial charge is 0.357 e. The molecule has 0 fully saturated rings. The molecular weight excluding hydrogens is 479 g/mol. The fraction of sp³-hybridized carbons (Fsp3) is 0.381. The zero-order valence-corrected chi connectivity index (χ0v) is 19.5. The van der Waals surface area contributed by atoms with Crippen molar-refractivity contribution in [2.24, 2.45) is 4.99 Å². The van der Waals surface area contributed by atoms with E-state index in [9.17, 15) is 4.79 Å². The van der Waals surface area contributed by atoms with Crippen molar-refractivity contribution in [3.8, 4) is 0 Å². The Balaban J connectivity index is 0.00000420. The Labute approximate surface area is 190 Å². The number of hydrogen-bond acceptors (Lipinski definition) is 3. The van der Waals surface area contributed by atoms with Gasteiger partial charge in [-0.05, 0) is 43.5 Å². The van der Waals surface area contributed by atoms with Gasteiger partial charge >= 0.3 is 0 Å². The van der Waals surface area contributed by atoms with Gasteiger partial charge in [-0.25, -0.2) is 4.99 Å². The van der Waals surface area contributed by atoms with Crippen LogP contribution in [0.2, 0.25) is 0 Å². The number of carbonyl (C=O) groups excluding carboxylic acids is 1. The number of aromatic nitrogens is 2.